The van der Waals surface area contributed by atoms with E-state index < -0.39 is 0 Å². The number of hydrogen-bond acceptors (Lipinski definition) is 3. The van der Waals surface area contributed by atoms with Crippen LogP contribution in [0.4, 0.5) is 0 Å². The third-order valence-electron chi connectivity index (χ3n) is 4.48. The molecule has 3 N–H and O–H groups in total. The van der Waals surface area contributed by atoms with Crippen molar-refractivity contribution in [2.75, 3.05) is 13.6 Å². The number of aromatic hydroxyl groups is 2. The molecule has 0 radical (unpaired) electrons. The van der Waals surface area contributed by atoms with Gasteiger partial charge in [0.1, 0.15) is 0 Å². The van der Waals surface area contributed by atoms with Crippen LogP contribution in [0, 0.1) is 0 Å². The molecule has 0 amide bonds. The Kier molecular flexibility index (Phi) is 5.33. The maximum absolute atomic E-state index is 10.2. The maximum Gasteiger partial charge on any atom is 0.160 e. The molecule has 0 saturated heterocycles. The van der Waals surface area contributed by atoms with Crippen LogP contribution in [0.3, 0.4) is 0 Å². The molecule has 22 heavy (non-hydrogen) atoms. The normalized spacial score (nSPS) is 20.0. The molecule has 2 aromatic rings. The standard InChI is InChI=1S/C18H21NO2.ClH/c1-19-11-14-9-13(12-5-3-2-4-6-12)10-16-15(14)7-8-17(20)18(16)21;/h2-8,13-14,19-21H,9-11H2,1H3;1H/t13-,14-;/m0./s1. The van der Waals surface area contributed by atoms with Gasteiger partial charge in [-0.2, -0.15) is 0 Å². The molecule has 0 saturated carbocycles. The Morgan fingerprint density at radius 3 is 2.50 bits per heavy atom. The van der Waals surface area contributed by atoms with Crippen LogP contribution < -0.4 is 5.32 Å². The lowest BCUT2D eigenvalue weighted by Crippen LogP contribution is -2.25. The summed E-state index contributed by atoms with van der Waals surface area (Å²) in [6.07, 6.45) is 1.84. The zero-order valence-electron chi connectivity index (χ0n) is 12.6. The zero-order valence-corrected chi connectivity index (χ0v) is 13.4. The maximum atomic E-state index is 10.2. The lowest BCUT2D eigenvalue weighted by molar-refractivity contribution is 0.387. The van der Waals surface area contributed by atoms with Gasteiger partial charge in [-0.15, -0.1) is 12.4 Å². The highest BCUT2D eigenvalue weighted by molar-refractivity contribution is 5.85. The van der Waals surface area contributed by atoms with Crippen molar-refractivity contribution in [2.45, 2.75) is 24.7 Å². The van der Waals surface area contributed by atoms with Gasteiger partial charge >= 0.3 is 0 Å². The fraction of sp³-hybridized carbons (Fsp3) is 0.333. The fourth-order valence-corrected chi connectivity index (χ4v) is 3.46. The van der Waals surface area contributed by atoms with Gasteiger partial charge in [0.05, 0.1) is 0 Å². The van der Waals surface area contributed by atoms with Gasteiger partial charge in [0.25, 0.3) is 0 Å². The van der Waals surface area contributed by atoms with Crippen LogP contribution >= 0.6 is 12.4 Å². The number of phenols is 2. The number of hydrogen-bond donors (Lipinski definition) is 3. The van der Waals surface area contributed by atoms with E-state index in [4.69, 9.17) is 0 Å². The first-order valence-electron chi connectivity index (χ1n) is 7.44. The first kappa shape index (κ1) is 16.7. The number of phenolic OH excluding ortho intramolecular Hbond substituents is 2. The fourth-order valence-electron chi connectivity index (χ4n) is 3.46. The van der Waals surface area contributed by atoms with Crippen LogP contribution in [-0.4, -0.2) is 23.8 Å². The predicted octanol–water partition coefficient (Wildman–Crippen LogP) is 3.55. The summed E-state index contributed by atoms with van der Waals surface area (Å²) in [5, 5.41) is 23.2. The van der Waals surface area contributed by atoms with E-state index in [-0.39, 0.29) is 23.9 Å². The van der Waals surface area contributed by atoms with Gasteiger partial charge in [-0.3, -0.25) is 0 Å². The minimum absolute atomic E-state index is 0. The first-order chi connectivity index (χ1) is 10.2. The summed E-state index contributed by atoms with van der Waals surface area (Å²) in [5.74, 6) is 0.764. The second kappa shape index (κ2) is 7.03. The molecule has 1 aliphatic rings. The van der Waals surface area contributed by atoms with Crippen LogP contribution in [0.15, 0.2) is 42.5 Å². The lowest BCUT2D eigenvalue weighted by atomic mass is 9.74. The topological polar surface area (TPSA) is 52.5 Å². The highest BCUT2D eigenvalue weighted by Gasteiger charge is 2.30. The van der Waals surface area contributed by atoms with E-state index in [0.29, 0.717) is 11.8 Å². The van der Waals surface area contributed by atoms with E-state index in [1.807, 2.05) is 19.2 Å². The Hall–Kier alpha value is -1.71. The smallest absolute Gasteiger partial charge is 0.160 e. The Morgan fingerprint density at radius 2 is 1.82 bits per heavy atom. The van der Waals surface area contributed by atoms with Gasteiger partial charge in [-0.05, 0) is 48.9 Å². The van der Waals surface area contributed by atoms with Gasteiger partial charge in [-0.25, -0.2) is 0 Å². The number of likely N-dealkylation sites (N-methyl/N-ethyl adjacent to an activating group) is 1. The summed E-state index contributed by atoms with van der Waals surface area (Å²) >= 11 is 0. The molecule has 0 aliphatic heterocycles. The van der Waals surface area contributed by atoms with Crippen molar-refractivity contribution >= 4 is 12.4 Å². The van der Waals surface area contributed by atoms with Crippen molar-refractivity contribution in [2.24, 2.45) is 0 Å². The summed E-state index contributed by atoms with van der Waals surface area (Å²) in [6, 6.07) is 14.0. The van der Waals surface area contributed by atoms with Crippen LogP contribution in [0.5, 0.6) is 11.5 Å². The number of benzene rings is 2. The number of halogens is 1. The largest absolute Gasteiger partial charge is 0.504 e. The molecule has 2 atom stereocenters. The number of fused-ring (bicyclic) bond motifs is 1. The van der Waals surface area contributed by atoms with Crippen molar-refractivity contribution in [3.63, 3.8) is 0 Å². The van der Waals surface area contributed by atoms with Gasteiger partial charge in [-0.1, -0.05) is 36.4 Å². The average molecular weight is 320 g/mol. The van der Waals surface area contributed by atoms with E-state index in [1.54, 1.807) is 6.07 Å². The highest BCUT2D eigenvalue weighted by Crippen LogP contribution is 2.45. The second-order valence-corrected chi connectivity index (χ2v) is 5.80. The van der Waals surface area contributed by atoms with Crippen LogP contribution in [0.25, 0.3) is 0 Å². The number of nitrogens with one attached hydrogen (secondary N) is 1. The van der Waals surface area contributed by atoms with Crippen molar-refractivity contribution in [3.05, 3.63) is 59.2 Å². The van der Waals surface area contributed by atoms with E-state index >= 15 is 0 Å². The number of rotatable bonds is 3. The molecular weight excluding hydrogens is 298 g/mol. The van der Waals surface area contributed by atoms with Crippen LogP contribution in [-0.2, 0) is 6.42 Å². The summed E-state index contributed by atoms with van der Waals surface area (Å²) in [7, 11) is 1.95. The molecule has 3 nitrogen and oxygen atoms in total. The first-order valence-corrected chi connectivity index (χ1v) is 7.44. The molecule has 0 unspecified atom stereocenters. The quantitative estimate of drug-likeness (QED) is 0.758. The summed E-state index contributed by atoms with van der Waals surface area (Å²) in [6.45, 7) is 0.876. The van der Waals surface area contributed by atoms with Gasteiger partial charge in [0.15, 0.2) is 11.5 Å². The van der Waals surface area contributed by atoms with Crippen LogP contribution in [0.2, 0.25) is 0 Å². The van der Waals surface area contributed by atoms with E-state index in [2.05, 4.69) is 29.6 Å². The summed E-state index contributed by atoms with van der Waals surface area (Å²) in [4.78, 5) is 0. The minimum atomic E-state index is -0.0225. The van der Waals surface area contributed by atoms with Crippen molar-refractivity contribution in [1.29, 1.82) is 0 Å². The zero-order chi connectivity index (χ0) is 14.8. The molecule has 4 heteroatoms. The Morgan fingerprint density at radius 1 is 1.09 bits per heavy atom. The third kappa shape index (κ3) is 3.06. The lowest BCUT2D eigenvalue weighted by Gasteiger charge is -2.32. The predicted molar refractivity (Wildman–Crippen MR) is 91.2 cm³/mol. The highest BCUT2D eigenvalue weighted by atomic mass is 35.5. The average Bonchev–Trinajstić information content (AvgIpc) is 2.52. The minimum Gasteiger partial charge on any atom is -0.504 e. The summed E-state index contributed by atoms with van der Waals surface area (Å²) < 4.78 is 0. The Balaban J connectivity index is 0.00000176. The molecule has 118 valence electrons. The Bertz CT molecular complexity index is 630. The molecule has 0 heterocycles. The van der Waals surface area contributed by atoms with Gasteiger partial charge < -0.3 is 15.5 Å². The molecule has 3 rings (SSSR count). The van der Waals surface area contributed by atoms with E-state index in [0.717, 1.165) is 30.5 Å². The molecule has 0 aromatic heterocycles. The van der Waals surface area contributed by atoms with Gasteiger partial charge in [0.2, 0.25) is 0 Å². The van der Waals surface area contributed by atoms with Crippen molar-refractivity contribution < 1.29 is 10.2 Å². The van der Waals surface area contributed by atoms with Crippen molar-refractivity contribution in [3.8, 4) is 11.5 Å². The van der Waals surface area contributed by atoms with E-state index in [1.165, 1.54) is 5.56 Å². The molecule has 1 aliphatic carbocycles. The SMILES string of the molecule is CNC[C@@H]1C[C@H](c2ccccc2)Cc2c1ccc(O)c2O.Cl. The summed E-state index contributed by atoms with van der Waals surface area (Å²) in [5.41, 5.74) is 3.36. The van der Waals surface area contributed by atoms with E-state index in [9.17, 15) is 10.2 Å². The van der Waals surface area contributed by atoms with Crippen molar-refractivity contribution in [1.82, 2.24) is 5.32 Å². The molecule has 0 bridgehead atoms. The monoisotopic (exact) mass is 319 g/mol. The second-order valence-electron chi connectivity index (χ2n) is 5.80. The van der Waals surface area contributed by atoms with Crippen LogP contribution in [0.1, 0.15) is 34.9 Å². The molecular formula is C18H22ClNO2. The van der Waals surface area contributed by atoms with Gasteiger partial charge in [0, 0.05) is 12.1 Å². The molecule has 2 aromatic carbocycles. The Labute approximate surface area is 137 Å². The molecule has 0 spiro atoms. The third-order valence-corrected chi connectivity index (χ3v) is 4.48. The molecule has 0 fully saturated rings.